The van der Waals surface area contributed by atoms with E-state index in [4.69, 9.17) is 0 Å². The number of carbonyl (C=O) groups is 1. The molecular formula is C18H21N3O. The van der Waals surface area contributed by atoms with Gasteiger partial charge in [-0.3, -0.25) is 4.98 Å². The van der Waals surface area contributed by atoms with Gasteiger partial charge in [0.25, 0.3) is 0 Å². The lowest BCUT2D eigenvalue weighted by molar-refractivity contribution is 0.242. The molecule has 114 valence electrons. The molecule has 1 heterocycles. The summed E-state index contributed by atoms with van der Waals surface area (Å²) in [5.41, 5.74) is 1.88. The number of hydrogen-bond acceptors (Lipinski definition) is 2. The van der Waals surface area contributed by atoms with Crippen LogP contribution >= 0.6 is 0 Å². The molecule has 22 heavy (non-hydrogen) atoms. The minimum Gasteiger partial charge on any atom is -0.331 e. The summed E-state index contributed by atoms with van der Waals surface area (Å²) in [5, 5.41) is 6.00. The van der Waals surface area contributed by atoms with Crippen LogP contribution in [-0.4, -0.2) is 11.0 Å². The Hall–Kier alpha value is -2.36. The number of aromatic nitrogens is 1. The summed E-state index contributed by atoms with van der Waals surface area (Å²) in [6.45, 7) is 0. The van der Waals surface area contributed by atoms with Crippen LogP contribution in [0, 0.1) is 5.92 Å². The zero-order valence-electron chi connectivity index (χ0n) is 12.5. The van der Waals surface area contributed by atoms with Crippen molar-refractivity contribution < 1.29 is 4.79 Å². The number of amides is 2. The predicted octanol–water partition coefficient (Wildman–Crippen LogP) is 4.13. The number of carbonyl (C=O) groups excluding carboxylic acids is 1. The third kappa shape index (κ3) is 3.64. The molecule has 1 atom stereocenters. The van der Waals surface area contributed by atoms with Crippen LogP contribution in [0.2, 0.25) is 0 Å². The van der Waals surface area contributed by atoms with Crippen LogP contribution in [0.1, 0.15) is 37.3 Å². The van der Waals surface area contributed by atoms with Gasteiger partial charge in [0, 0.05) is 6.20 Å². The number of nitrogens with zero attached hydrogens (tertiary/aromatic N) is 1. The fourth-order valence-electron chi connectivity index (χ4n) is 3.17. The van der Waals surface area contributed by atoms with Gasteiger partial charge in [0.15, 0.2) is 0 Å². The zero-order chi connectivity index (χ0) is 15.2. The highest BCUT2D eigenvalue weighted by atomic mass is 16.2. The normalized spacial score (nSPS) is 16.2. The molecule has 1 saturated carbocycles. The number of benzene rings is 1. The van der Waals surface area contributed by atoms with E-state index in [-0.39, 0.29) is 12.1 Å². The van der Waals surface area contributed by atoms with Crippen molar-refractivity contribution in [3.63, 3.8) is 0 Å². The lowest BCUT2D eigenvalue weighted by Gasteiger charge is -2.25. The number of nitrogens with one attached hydrogen (secondary N) is 2. The van der Waals surface area contributed by atoms with E-state index in [0.717, 1.165) is 0 Å². The minimum absolute atomic E-state index is 0.0698. The molecule has 4 nitrogen and oxygen atoms in total. The topological polar surface area (TPSA) is 54.0 Å². The lowest BCUT2D eigenvalue weighted by Crippen LogP contribution is -2.35. The predicted molar refractivity (Wildman–Crippen MR) is 87.5 cm³/mol. The maximum atomic E-state index is 12.3. The lowest BCUT2D eigenvalue weighted by atomic mass is 9.92. The van der Waals surface area contributed by atoms with Gasteiger partial charge >= 0.3 is 6.03 Å². The van der Waals surface area contributed by atoms with E-state index in [1.807, 2.05) is 24.3 Å². The van der Waals surface area contributed by atoms with Gasteiger partial charge in [-0.2, -0.15) is 0 Å². The average molecular weight is 295 g/mol. The van der Waals surface area contributed by atoms with Crippen LogP contribution in [-0.2, 0) is 0 Å². The molecule has 0 unspecified atom stereocenters. The Morgan fingerprint density at radius 3 is 2.55 bits per heavy atom. The van der Waals surface area contributed by atoms with E-state index in [1.54, 1.807) is 18.5 Å². The summed E-state index contributed by atoms with van der Waals surface area (Å²) in [4.78, 5) is 16.3. The van der Waals surface area contributed by atoms with Crippen LogP contribution in [0.4, 0.5) is 10.5 Å². The van der Waals surface area contributed by atoms with Gasteiger partial charge in [-0.25, -0.2) is 4.79 Å². The van der Waals surface area contributed by atoms with E-state index in [9.17, 15) is 4.79 Å². The monoisotopic (exact) mass is 295 g/mol. The molecule has 2 amide bonds. The Morgan fingerprint density at radius 2 is 1.86 bits per heavy atom. The number of urea groups is 1. The fraction of sp³-hybridized carbons (Fsp3) is 0.333. The maximum Gasteiger partial charge on any atom is 0.319 e. The second-order valence-electron chi connectivity index (χ2n) is 5.77. The van der Waals surface area contributed by atoms with Crippen LogP contribution < -0.4 is 10.6 Å². The smallest absolute Gasteiger partial charge is 0.319 e. The van der Waals surface area contributed by atoms with Gasteiger partial charge in [-0.05, 0) is 36.5 Å². The first-order valence-electron chi connectivity index (χ1n) is 7.85. The molecule has 0 saturated heterocycles. The molecule has 3 rings (SSSR count). The summed E-state index contributed by atoms with van der Waals surface area (Å²) in [6, 6.07) is 13.8. The molecule has 0 aliphatic heterocycles. The number of anilines is 1. The van der Waals surface area contributed by atoms with Crippen LogP contribution in [0.3, 0.4) is 0 Å². The minimum atomic E-state index is -0.172. The van der Waals surface area contributed by atoms with Crippen molar-refractivity contribution in [2.75, 3.05) is 5.32 Å². The van der Waals surface area contributed by atoms with Gasteiger partial charge in [0.1, 0.15) is 0 Å². The number of rotatable bonds is 4. The Morgan fingerprint density at radius 1 is 1.09 bits per heavy atom. The van der Waals surface area contributed by atoms with E-state index >= 15 is 0 Å². The van der Waals surface area contributed by atoms with Crippen molar-refractivity contribution >= 4 is 11.7 Å². The van der Waals surface area contributed by atoms with Crippen molar-refractivity contribution in [2.24, 2.45) is 5.92 Å². The summed E-state index contributed by atoms with van der Waals surface area (Å²) in [6.07, 6.45) is 8.18. The largest absolute Gasteiger partial charge is 0.331 e. The van der Waals surface area contributed by atoms with Gasteiger partial charge in [0.2, 0.25) is 0 Å². The van der Waals surface area contributed by atoms with Gasteiger partial charge in [-0.1, -0.05) is 43.2 Å². The van der Waals surface area contributed by atoms with E-state index < -0.39 is 0 Å². The number of pyridine rings is 1. The summed E-state index contributed by atoms with van der Waals surface area (Å²) in [7, 11) is 0. The molecule has 4 heteroatoms. The first-order chi connectivity index (χ1) is 10.8. The Balaban J connectivity index is 1.71. The first kappa shape index (κ1) is 14.6. The molecule has 1 aromatic carbocycles. The van der Waals surface area contributed by atoms with E-state index in [1.165, 1.54) is 31.2 Å². The van der Waals surface area contributed by atoms with E-state index in [2.05, 4.69) is 27.8 Å². The van der Waals surface area contributed by atoms with Gasteiger partial charge in [-0.15, -0.1) is 0 Å². The van der Waals surface area contributed by atoms with Crippen LogP contribution in [0.15, 0.2) is 54.9 Å². The molecule has 0 spiro atoms. The molecule has 2 aromatic rings. The second-order valence-corrected chi connectivity index (χ2v) is 5.77. The molecule has 0 bridgehead atoms. The summed E-state index contributed by atoms with van der Waals surface area (Å²) in [5.74, 6) is 0.516. The quantitative estimate of drug-likeness (QED) is 0.891. The Kier molecular flexibility index (Phi) is 4.68. The van der Waals surface area contributed by atoms with Crippen molar-refractivity contribution in [1.29, 1.82) is 0 Å². The third-order valence-electron chi connectivity index (χ3n) is 4.24. The molecule has 1 aliphatic rings. The zero-order valence-corrected chi connectivity index (χ0v) is 12.5. The highest BCUT2D eigenvalue weighted by molar-refractivity contribution is 5.89. The molecule has 1 fully saturated rings. The van der Waals surface area contributed by atoms with Crippen molar-refractivity contribution in [2.45, 2.75) is 31.7 Å². The van der Waals surface area contributed by atoms with Gasteiger partial charge in [0.05, 0.1) is 17.9 Å². The second kappa shape index (κ2) is 7.07. The standard InChI is InChI=1S/C18H21N3O/c22-18(20-16-11-6-12-19-13-16)21-17(15-9-4-5-10-15)14-7-2-1-3-8-14/h1-3,6-8,11-13,15,17H,4-5,9-10H2,(H2,20,21,22)/t17-/m1/s1. The molecule has 1 aromatic heterocycles. The molecule has 0 radical (unpaired) electrons. The third-order valence-corrected chi connectivity index (χ3v) is 4.24. The molecule has 2 N–H and O–H groups in total. The van der Waals surface area contributed by atoms with Crippen molar-refractivity contribution in [3.05, 3.63) is 60.4 Å². The SMILES string of the molecule is O=C(Nc1cccnc1)N[C@H](c1ccccc1)C1CCCC1. The molecular weight excluding hydrogens is 274 g/mol. The average Bonchev–Trinajstić information content (AvgIpc) is 3.08. The van der Waals surface area contributed by atoms with Crippen LogP contribution in [0.5, 0.6) is 0 Å². The van der Waals surface area contributed by atoms with Gasteiger partial charge < -0.3 is 10.6 Å². The summed E-state index contributed by atoms with van der Waals surface area (Å²) >= 11 is 0. The summed E-state index contributed by atoms with van der Waals surface area (Å²) < 4.78 is 0. The van der Waals surface area contributed by atoms with E-state index in [0.29, 0.717) is 11.6 Å². The maximum absolute atomic E-state index is 12.3. The van der Waals surface area contributed by atoms with Crippen LogP contribution in [0.25, 0.3) is 0 Å². The Bertz CT molecular complexity index is 594. The fourth-order valence-corrected chi connectivity index (χ4v) is 3.17. The molecule has 1 aliphatic carbocycles. The van der Waals surface area contributed by atoms with Crippen molar-refractivity contribution in [3.8, 4) is 0 Å². The Labute approximate surface area is 131 Å². The number of hydrogen-bond donors (Lipinski definition) is 2. The van der Waals surface area contributed by atoms with Crippen molar-refractivity contribution in [1.82, 2.24) is 10.3 Å². The first-order valence-corrected chi connectivity index (χ1v) is 7.85. The highest BCUT2D eigenvalue weighted by Crippen LogP contribution is 2.35. The highest BCUT2D eigenvalue weighted by Gasteiger charge is 2.27.